The lowest BCUT2D eigenvalue weighted by Crippen LogP contribution is -2.38. The fourth-order valence-electron chi connectivity index (χ4n) is 3.14. The van der Waals surface area contributed by atoms with Crippen molar-refractivity contribution in [3.05, 3.63) is 28.7 Å². The number of rotatable bonds is 3. The van der Waals surface area contributed by atoms with Gasteiger partial charge in [-0.05, 0) is 37.1 Å². The van der Waals surface area contributed by atoms with Crippen LogP contribution in [0.25, 0.3) is 0 Å². The zero-order valence-corrected chi connectivity index (χ0v) is 13.4. The van der Waals surface area contributed by atoms with Gasteiger partial charge >= 0.3 is 0 Å². The molecule has 2 amide bonds. The van der Waals surface area contributed by atoms with E-state index in [-0.39, 0.29) is 17.7 Å². The standard InChI is InChI=1S/C16H19BrN2O2/c17-12-5-7-14(8-6-12)19-10-11(9-15(19)20)16(21)18-13-3-1-2-4-13/h5-8,11,13H,1-4,9-10H2,(H,18,21)/t11-/m1/s1. The molecule has 5 heteroatoms. The van der Waals surface area contributed by atoms with Gasteiger partial charge in [-0.15, -0.1) is 0 Å². The van der Waals surface area contributed by atoms with Crippen LogP contribution in [0, 0.1) is 5.92 Å². The van der Waals surface area contributed by atoms with E-state index in [1.54, 1.807) is 4.90 Å². The summed E-state index contributed by atoms with van der Waals surface area (Å²) in [5.41, 5.74) is 0.861. The molecule has 1 aromatic carbocycles. The first-order chi connectivity index (χ1) is 10.1. The number of hydrogen-bond acceptors (Lipinski definition) is 2. The van der Waals surface area contributed by atoms with E-state index in [1.807, 2.05) is 24.3 Å². The second-order valence-corrected chi connectivity index (χ2v) is 6.79. The molecule has 2 aliphatic rings. The molecular weight excluding hydrogens is 332 g/mol. The molecule has 1 aromatic rings. The molecule has 0 radical (unpaired) electrons. The molecule has 0 bridgehead atoms. The molecule has 3 rings (SSSR count). The first kappa shape index (κ1) is 14.6. The summed E-state index contributed by atoms with van der Waals surface area (Å²) in [7, 11) is 0. The lowest BCUT2D eigenvalue weighted by Gasteiger charge is -2.18. The van der Waals surface area contributed by atoms with Crippen molar-refractivity contribution in [3.8, 4) is 0 Å². The highest BCUT2D eigenvalue weighted by Crippen LogP contribution is 2.27. The first-order valence-corrected chi connectivity index (χ1v) is 8.29. The molecule has 1 atom stereocenters. The summed E-state index contributed by atoms with van der Waals surface area (Å²) >= 11 is 3.39. The minimum absolute atomic E-state index is 0.0314. The van der Waals surface area contributed by atoms with Gasteiger partial charge in [0.05, 0.1) is 5.92 Å². The van der Waals surface area contributed by atoms with Crippen molar-refractivity contribution in [2.24, 2.45) is 5.92 Å². The van der Waals surface area contributed by atoms with E-state index in [9.17, 15) is 9.59 Å². The lowest BCUT2D eigenvalue weighted by atomic mass is 10.1. The van der Waals surface area contributed by atoms with Crippen LogP contribution < -0.4 is 10.2 Å². The second kappa shape index (κ2) is 6.18. The fourth-order valence-corrected chi connectivity index (χ4v) is 3.41. The van der Waals surface area contributed by atoms with Gasteiger partial charge in [-0.1, -0.05) is 28.8 Å². The first-order valence-electron chi connectivity index (χ1n) is 7.50. The molecule has 1 aliphatic carbocycles. The van der Waals surface area contributed by atoms with Gasteiger partial charge in [-0.25, -0.2) is 0 Å². The van der Waals surface area contributed by atoms with Crippen LogP contribution in [0.5, 0.6) is 0 Å². The molecule has 1 aliphatic heterocycles. The van der Waals surface area contributed by atoms with Crippen molar-refractivity contribution in [1.82, 2.24) is 5.32 Å². The van der Waals surface area contributed by atoms with E-state index in [2.05, 4.69) is 21.2 Å². The lowest BCUT2D eigenvalue weighted by molar-refractivity contribution is -0.126. The average Bonchev–Trinajstić information content (AvgIpc) is 3.09. The zero-order valence-electron chi connectivity index (χ0n) is 11.8. The summed E-state index contributed by atoms with van der Waals surface area (Å²) < 4.78 is 0.980. The van der Waals surface area contributed by atoms with Gasteiger partial charge in [-0.2, -0.15) is 0 Å². The number of benzene rings is 1. The fraction of sp³-hybridized carbons (Fsp3) is 0.500. The molecular formula is C16H19BrN2O2. The highest BCUT2D eigenvalue weighted by Gasteiger charge is 2.35. The van der Waals surface area contributed by atoms with Crippen molar-refractivity contribution < 1.29 is 9.59 Å². The number of carbonyl (C=O) groups excluding carboxylic acids is 2. The molecule has 0 aromatic heterocycles. The highest BCUT2D eigenvalue weighted by molar-refractivity contribution is 9.10. The Bertz CT molecular complexity index is 538. The molecule has 21 heavy (non-hydrogen) atoms. The predicted molar refractivity (Wildman–Crippen MR) is 85.0 cm³/mol. The topological polar surface area (TPSA) is 49.4 Å². The summed E-state index contributed by atoms with van der Waals surface area (Å²) in [4.78, 5) is 26.1. The van der Waals surface area contributed by atoms with E-state index < -0.39 is 0 Å². The van der Waals surface area contributed by atoms with Crippen LogP contribution in [0.1, 0.15) is 32.1 Å². The Hall–Kier alpha value is -1.36. The van der Waals surface area contributed by atoms with Crippen LogP contribution >= 0.6 is 15.9 Å². The van der Waals surface area contributed by atoms with Crippen molar-refractivity contribution >= 4 is 33.4 Å². The van der Waals surface area contributed by atoms with Crippen LogP contribution in [0.2, 0.25) is 0 Å². The highest BCUT2D eigenvalue weighted by atomic mass is 79.9. The van der Waals surface area contributed by atoms with Gasteiger partial charge in [0, 0.05) is 29.2 Å². The number of nitrogens with zero attached hydrogens (tertiary/aromatic N) is 1. The molecule has 1 heterocycles. The quantitative estimate of drug-likeness (QED) is 0.911. The van der Waals surface area contributed by atoms with Gasteiger partial charge in [0.2, 0.25) is 11.8 Å². The summed E-state index contributed by atoms with van der Waals surface area (Å²) in [6, 6.07) is 7.94. The Morgan fingerprint density at radius 3 is 2.52 bits per heavy atom. The molecule has 0 spiro atoms. The Morgan fingerprint density at radius 2 is 1.86 bits per heavy atom. The Labute approximate surface area is 133 Å². The van der Waals surface area contributed by atoms with E-state index in [0.717, 1.165) is 23.0 Å². The molecule has 1 saturated heterocycles. The van der Waals surface area contributed by atoms with Crippen LogP contribution in [0.4, 0.5) is 5.69 Å². The normalized spacial score (nSPS) is 22.8. The minimum atomic E-state index is -0.221. The summed E-state index contributed by atoms with van der Waals surface area (Å²) in [5.74, 6) is -0.152. The second-order valence-electron chi connectivity index (χ2n) is 5.87. The Balaban J connectivity index is 1.63. The van der Waals surface area contributed by atoms with Crippen LogP contribution in [0.3, 0.4) is 0 Å². The molecule has 2 fully saturated rings. The van der Waals surface area contributed by atoms with E-state index in [0.29, 0.717) is 19.0 Å². The van der Waals surface area contributed by atoms with Gasteiger partial charge in [-0.3, -0.25) is 9.59 Å². The molecule has 1 N–H and O–H groups in total. The maximum atomic E-state index is 12.3. The number of hydrogen-bond donors (Lipinski definition) is 1. The van der Waals surface area contributed by atoms with Crippen LogP contribution in [0.15, 0.2) is 28.7 Å². The Morgan fingerprint density at radius 1 is 1.19 bits per heavy atom. The zero-order chi connectivity index (χ0) is 14.8. The van der Waals surface area contributed by atoms with E-state index in [1.165, 1.54) is 12.8 Å². The van der Waals surface area contributed by atoms with E-state index in [4.69, 9.17) is 0 Å². The van der Waals surface area contributed by atoms with Gasteiger partial charge < -0.3 is 10.2 Å². The monoisotopic (exact) mass is 350 g/mol. The number of anilines is 1. The largest absolute Gasteiger partial charge is 0.353 e. The van der Waals surface area contributed by atoms with Gasteiger partial charge in [0.25, 0.3) is 0 Å². The summed E-state index contributed by atoms with van der Waals surface area (Å²) in [5, 5.41) is 3.10. The summed E-state index contributed by atoms with van der Waals surface area (Å²) in [6.07, 6.45) is 4.85. The van der Waals surface area contributed by atoms with Crippen molar-refractivity contribution in [3.63, 3.8) is 0 Å². The molecule has 1 saturated carbocycles. The minimum Gasteiger partial charge on any atom is -0.353 e. The number of halogens is 1. The molecule has 0 unspecified atom stereocenters. The van der Waals surface area contributed by atoms with Crippen molar-refractivity contribution in [2.75, 3.05) is 11.4 Å². The SMILES string of the molecule is O=C(NC1CCCC1)[C@@H]1CC(=O)N(c2ccc(Br)cc2)C1. The number of carbonyl (C=O) groups is 2. The van der Waals surface area contributed by atoms with Gasteiger partial charge in [0.1, 0.15) is 0 Å². The third-order valence-electron chi connectivity index (χ3n) is 4.34. The number of amides is 2. The Kier molecular flexibility index (Phi) is 4.29. The van der Waals surface area contributed by atoms with Gasteiger partial charge in [0.15, 0.2) is 0 Å². The molecule has 112 valence electrons. The number of nitrogens with one attached hydrogen (secondary N) is 1. The smallest absolute Gasteiger partial charge is 0.227 e. The summed E-state index contributed by atoms with van der Waals surface area (Å²) in [6.45, 7) is 0.485. The third-order valence-corrected chi connectivity index (χ3v) is 4.86. The van der Waals surface area contributed by atoms with Crippen LogP contribution in [-0.4, -0.2) is 24.4 Å². The maximum absolute atomic E-state index is 12.3. The third kappa shape index (κ3) is 3.28. The molecule has 4 nitrogen and oxygen atoms in total. The average molecular weight is 351 g/mol. The van der Waals surface area contributed by atoms with Crippen molar-refractivity contribution in [2.45, 2.75) is 38.1 Å². The maximum Gasteiger partial charge on any atom is 0.227 e. The van der Waals surface area contributed by atoms with Crippen LogP contribution in [-0.2, 0) is 9.59 Å². The predicted octanol–water partition coefficient (Wildman–Crippen LogP) is 2.86. The van der Waals surface area contributed by atoms with E-state index >= 15 is 0 Å². The van der Waals surface area contributed by atoms with Crippen molar-refractivity contribution in [1.29, 1.82) is 0 Å².